The van der Waals surface area contributed by atoms with Crippen LogP contribution in [0.2, 0.25) is 0 Å². The van der Waals surface area contributed by atoms with Crippen molar-refractivity contribution in [2.45, 2.75) is 20.8 Å². The van der Waals surface area contributed by atoms with Gasteiger partial charge in [-0.3, -0.25) is 4.79 Å². The number of aromatic nitrogens is 1. The van der Waals surface area contributed by atoms with E-state index < -0.39 is 11.7 Å². The summed E-state index contributed by atoms with van der Waals surface area (Å²) in [4.78, 5) is 16.1. The Bertz CT molecular complexity index is 675. The van der Waals surface area contributed by atoms with E-state index in [2.05, 4.69) is 15.6 Å². The van der Waals surface area contributed by atoms with Crippen LogP contribution in [0.3, 0.4) is 0 Å². The van der Waals surface area contributed by atoms with Crippen molar-refractivity contribution in [3.8, 4) is 0 Å². The van der Waals surface area contributed by atoms with Crippen molar-refractivity contribution in [3.63, 3.8) is 0 Å². The van der Waals surface area contributed by atoms with Gasteiger partial charge in [-0.2, -0.15) is 0 Å². The maximum atomic E-state index is 14.1. The van der Waals surface area contributed by atoms with Gasteiger partial charge in [-0.05, 0) is 38.0 Å². The number of amides is 1. The summed E-state index contributed by atoms with van der Waals surface area (Å²) >= 11 is 0. The van der Waals surface area contributed by atoms with Crippen LogP contribution in [0.4, 0.5) is 15.9 Å². The summed E-state index contributed by atoms with van der Waals surface area (Å²) in [6.45, 7) is 5.82. The fraction of sp³-hybridized carbons (Fsp3) is 0.250. The first kappa shape index (κ1) is 15.0. The summed E-state index contributed by atoms with van der Waals surface area (Å²) in [7, 11) is 1.56. The molecule has 0 fully saturated rings. The molecule has 2 rings (SSSR count). The highest BCUT2D eigenvalue weighted by atomic mass is 19.1. The number of carbonyl (C=O) groups is 1. The fourth-order valence-electron chi connectivity index (χ4n) is 2.35. The van der Waals surface area contributed by atoms with Gasteiger partial charge in [0.05, 0.1) is 5.56 Å². The molecule has 0 aliphatic rings. The number of hydrogen-bond donors (Lipinski definition) is 2. The van der Waals surface area contributed by atoms with Crippen molar-refractivity contribution < 1.29 is 9.18 Å². The van der Waals surface area contributed by atoms with Crippen molar-refractivity contribution >= 4 is 17.4 Å². The number of aryl methyl sites for hydroxylation is 3. The number of nitrogens with zero attached hydrogens (tertiary/aromatic N) is 1. The van der Waals surface area contributed by atoms with Crippen molar-refractivity contribution in [1.82, 2.24) is 4.98 Å². The first-order valence-electron chi connectivity index (χ1n) is 6.65. The average Bonchev–Trinajstić information content (AvgIpc) is 2.42. The third-order valence-corrected chi connectivity index (χ3v) is 3.29. The van der Waals surface area contributed by atoms with Gasteiger partial charge >= 0.3 is 0 Å². The zero-order valence-electron chi connectivity index (χ0n) is 12.5. The second-order valence-corrected chi connectivity index (χ2v) is 5.00. The van der Waals surface area contributed by atoms with Gasteiger partial charge in [0.1, 0.15) is 0 Å². The Morgan fingerprint density at radius 1 is 1.19 bits per heavy atom. The average molecular weight is 287 g/mol. The molecule has 0 atom stereocenters. The normalized spacial score (nSPS) is 10.3. The molecule has 0 aliphatic heterocycles. The molecular weight excluding hydrogens is 269 g/mol. The third-order valence-electron chi connectivity index (χ3n) is 3.29. The quantitative estimate of drug-likeness (QED) is 0.909. The monoisotopic (exact) mass is 287 g/mol. The van der Waals surface area contributed by atoms with E-state index in [0.717, 1.165) is 16.7 Å². The van der Waals surface area contributed by atoms with Crippen LogP contribution < -0.4 is 10.6 Å². The lowest BCUT2D eigenvalue weighted by molar-refractivity contribution is 0.102. The van der Waals surface area contributed by atoms with Gasteiger partial charge in [0, 0.05) is 18.9 Å². The van der Waals surface area contributed by atoms with Crippen LogP contribution >= 0.6 is 0 Å². The van der Waals surface area contributed by atoms with Crippen molar-refractivity contribution in [2.24, 2.45) is 0 Å². The SMILES string of the molecule is CNc1nccc(C(=O)Nc2c(C)cc(C)cc2C)c1F. The number of carbonyl (C=O) groups excluding carboxylic acids is 1. The second kappa shape index (κ2) is 5.91. The van der Waals surface area contributed by atoms with Gasteiger partial charge in [0.2, 0.25) is 0 Å². The molecule has 0 saturated carbocycles. The highest BCUT2D eigenvalue weighted by Crippen LogP contribution is 2.23. The van der Waals surface area contributed by atoms with E-state index in [1.54, 1.807) is 7.05 Å². The van der Waals surface area contributed by atoms with E-state index in [4.69, 9.17) is 0 Å². The number of pyridine rings is 1. The molecule has 21 heavy (non-hydrogen) atoms. The zero-order valence-corrected chi connectivity index (χ0v) is 12.5. The molecule has 2 aromatic rings. The zero-order chi connectivity index (χ0) is 15.6. The van der Waals surface area contributed by atoms with E-state index in [-0.39, 0.29) is 11.4 Å². The molecule has 2 N–H and O–H groups in total. The Balaban J connectivity index is 2.35. The number of benzene rings is 1. The molecule has 110 valence electrons. The summed E-state index contributed by atoms with van der Waals surface area (Å²) in [6, 6.07) is 5.32. The highest BCUT2D eigenvalue weighted by Gasteiger charge is 2.17. The van der Waals surface area contributed by atoms with Crippen LogP contribution in [0.15, 0.2) is 24.4 Å². The molecule has 0 bridgehead atoms. The topological polar surface area (TPSA) is 54.0 Å². The molecule has 0 unspecified atom stereocenters. The van der Waals surface area contributed by atoms with Crippen LogP contribution in [0, 0.1) is 26.6 Å². The van der Waals surface area contributed by atoms with Crippen LogP contribution in [0.25, 0.3) is 0 Å². The van der Waals surface area contributed by atoms with Crippen LogP contribution in [-0.2, 0) is 0 Å². The Labute approximate surface area is 123 Å². The summed E-state index contributed by atoms with van der Waals surface area (Å²) in [5.41, 5.74) is 3.70. The van der Waals surface area contributed by atoms with E-state index in [0.29, 0.717) is 5.69 Å². The minimum atomic E-state index is -0.653. The molecule has 5 heteroatoms. The number of hydrogen-bond acceptors (Lipinski definition) is 3. The lowest BCUT2D eigenvalue weighted by atomic mass is 10.0. The standard InChI is InChI=1S/C16H18FN3O/c1-9-7-10(2)14(11(3)8-9)20-16(21)12-5-6-19-15(18-4)13(12)17/h5-8H,1-4H3,(H,18,19)(H,20,21). The van der Waals surface area contributed by atoms with Crippen molar-refractivity contribution in [2.75, 3.05) is 17.7 Å². The number of rotatable bonds is 3. The summed E-state index contributed by atoms with van der Waals surface area (Å²) in [5, 5.41) is 5.40. The number of nitrogens with one attached hydrogen (secondary N) is 2. The Morgan fingerprint density at radius 2 is 1.81 bits per heavy atom. The summed E-state index contributed by atoms with van der Waals surface area (Å²) < 4.78 is 14.1. The lowest BCUT2D eigenvalue weighted by Crippen LogP contribution is -2.16. The molecular formula is C16H18FN3O. The smallest absolute Gasteiger partial charge is 0.258 e. The molecule has 4 nitrogen and oxygen atoms in total. The molecule has 1 aromatic carbocycles. The van der Waals surface area contributed by atoms with Gasteiger partial charge < -0.3 is 10.6 Å². The van der Waals surface area contributed by atoms with E-state index in [9.17, 15) is 9.18 Å². The first-order chi connectivity index (χ1) is 9.93. The van der Waals surface area contributed by atoms with Gasteiger partial charge in [-0.1, -0.05) is 17.7 Å². The van der Waals surface area contributed by atoms with Gasteiger partial charge in [-0.25, -0.2) is 9.37 Å². The maximum Gasteiger partial charge on any atom is 0.258 e. The van der Waals surface area contributed by atoms with E-state index in [1.165, 1.54) is 12.3 Å². The summed E-state index contributed by atoms with van der Waals surface area (Å²) in [5.74, 6) is -1.08. The third kappa shape index (κ3) is 3.02. The lowest BCUT2D eigenvalue weighted by Gasteiger charge is -2.13. The minimum absolute atomic E-state index is 0.0336. The van der Waals surface area contributed by atoms with E-state index in [1.807, 2.05) is 32.9 Å². The van der Waals surface area contributed by atoms with E-state index >= 15 is 0 Å². The van der Waals surface area contributed by atoms with Crippen LogP contribution in [0.1, 0.15) is 27.0 Å². The van der Waals surface area contributed by atoms with Crippen molar-refractivity contribution in [3.05, 3.63) is 52.5 Å². The number of anilines is 2. The molecule has 0 spiro atoms. The first-order valence-corrected chi connectivity index (χ1v) is 6.65. The van der Waals surface area contributed by atoms with Gasteiger partial charge in [0.25, 0.3) is 5.91 Å². The predicted molar refractivity (Wildman–Crippen MR) is 82.3 cm³/mol. The largest absolute Gasteiger partial charge is 0.371 e. The number of halogens is 1. The molecule has 1 aromatic heterocycles. The van der Waals surface area contributed by atoms with Gasteiger partial charge in [0.15, 0.2) is 11.6 Å². The predicted octanol–water partition coefficient (Wildman–Crippen LogP) is 3.44. The molecule has 0 saturated heterocycles. The summed E-state index contributed by atoms with van der Waals surface area (Å²) in [6.07, 6.45) is 1.40. The Morgan fingerprint density at radius 3 is 2.38 bits per heavy atom. The fourth-order valence-corrected chi connectivity index (χ4v) is 2.35. The Hall–Kier alpha value is -2.43. The van der Waals surface area contributed by atoms with Crippen LogP contribution in [-0.4, -0.2) is 17.9 Å². The molecule has 1 amide bonds. The minimum Gasteiger partial charge on any atom is -0.371 e. The molecule has 0 radical (unpaired) electrons. The van der Waals surface area contributed by atoms with Crippen LogP contribution in [0.5, 0.6) is 0 Å². The second-order valence-electron chi connectivity index (χ2n) is 5.00. The maximum absolute atomic E-state index is 14.1. The van der Waals surface area contributed by atoms with Gasteiger partial charge in [-0.15, -0.1) is 0 Å². The van der Waals surface area contributed by atoms with Crippen molar-refractivity contribution in [1.29, 1.82) is 0 Å². The molecule has 0 aliphatic carbocycles. The highest BCUT2D eigenvalue weighted by molar-refractivity contribution is 6.05. The Kier molecular flexibility index (Phi) is 4.21. The molecule has 1 heterocycles.